The van der Waals surface area contributed by atoms with Crippen molar-refractivity contribution in [3.63, 3.8) is 0 Å². The number of cyclic esters (lactones) is 1. The fourth-order valence-electron chi connectivity index (χ4n) is 3.18. The van der Waals surface area contributed by atoms with Gasteiger partial charge in [0, 0.05) is 24.2 Å². The van der Waals surface area contributed by atoms with Crippen molar-refractivity contribution in [2.75, 3.05) is 18.0 Å². The first-order valence-corrected chi connectivity index (χ1v) is 7.51. The number of amides is 1. The standard InChI is InChI=1S/C16H17N3O3.ClH/c17-7-12-9-19(16(20)21-12)11-4-5-13-10(6-11)2-1-3-15-14(13)8-18-22-15;/h4-6,8,12H,1-3,7,9,17H2;1H/t12-;/m0./s1. The van der Waals surface area contributed by atoms with Gasteiger partial charge in [-0.3, -0.25) is 4.90 Å². The van der Waals surface area contributed by atoms with E-state index in [9.17, 15) is 4.79 Å². The number of anilines is 1. The summed E-state index contributed by atoms with van der Waals surface area (Å²) in [7, 11) is 0. The van der Waals surface area contributed by atoms with E-state index >= 15 is 0 Å². The highest BCUT2D eigenvalue weighted by atomic mass is 35.5. The molecule has 2 N–H and O–H groups in total. The average Bonchev–Trinajstić information content (AvgIpc) is 3.10. The summed E-state index contributed by atoms with van der Waals surface area (Å²) in [6.07, 6.45) is 4.07. The van der Waals surface area contributed by atoms with Gasteiger partial charge in [-0.15, -0.1) is 12.4 Å². The Kier molecular flexibility index (Phi) is 4.28. The minimum Gasteiger partial charge on any atom is -0.443 e. The van der Waals surface area contributed by atoms with Crippen LogP contribution in [0.25, 0.3) is 11.1 Å². The molecule has 7 heteroatoms. The molecule has 0 saturated carbocycles. The van der Waals surface area contributed by atoms with Crippen LogP contribution in [0.5, 0.6) is 0 Å². The molecule has 1 fully saturated rings. The molecule has 0 bridgehead atoms. The normalized spacial score (nSPS) is 19.4. The van der Waals surface area contributed by atoms with Crippen molar-refractivity contribution in [2.24, 2.45) is 5.73 Å². The third kappa shape index (κ3) is 2.68. The van der Waals surface area contributed by atoms with Crippen LogP contribution >= 0.6 is 12.4 Å². The molecule has 6 nitrogen and oxygen atoms in total. The second kappa shape index (κ2) is 6.22. The van der Waals surface area contributed by atoms with Gasteiger partial charge in [0.05, 0.1) is 12.7 Å². The molecule has 0 spiro atoms. The van der Waals surface area contributed by atoms with E-state index in [1.165, 1.54) is 5.56 Å². The lowest BCUT2D eigenvalue weighted by Crippen LogP contribution is -2.27. The molecule has 1 aliphatic carbocycles. The maximum atomic E-state index is 12.0. The number of hydrogen-bond donors (Lipinski definition) is 1. The topological polar surface area (TPSA) is 81.6 Å². The Balaban J connectivity index is 0.00000156. The van der Waals surface area contributed by atoms with Gasteiger partial charge in [0.2, 0.25) is 0 Å². The number of aromatic nitrogens is 1. The molecule has 122 valence electrons. The van der Waals surface area contributed by atoms with Crippen molar-refractivity contribution in [2.45, 2.75) is 25.4 Å². The second-order valence-corrected chi connectivity index (χ2v) is 5.71. The fourth-order valence-corrected chi connectivity index (χ4v) is 3.18. The quantitative estimate of drug-likeness (QED) is 0.912. The number of benzene rings is 1. The van der Waals surface area contributed by atoms with E-state index in [-0.39, 0.29) is 24.6 Å². The summed E-state index contributed by atoms with van der Waals surface area (Å²) in [6.45, 7) is 0.851. The van der Waals surface area contributed by atoms with Gasteiger partial charge in [-0.2, -0.15) is 0 Å². The van der Waals surface area contributed by atoms with Crippen molar-refractivity contribution in [3.8, 4) is 11.1 Å². The lowest BCUT2D eigenvalue weighted by atomic mass is 9.99. The largest absolute Gasteiger partial charge is 0.443 e. The van der Waals surface area contributed by atoms with Crippen molar-refractivity contribution in [1.82, 2.24) is 5.16 Å². The summed E-state index contributed by atoms with van der Waals surface area (Å²) >= 11 is 0. The smallest absolute Gasteiger partial charge is 0.414 e. The van der Waals surface area contributed by atoms with Gasteiger partial charge < -0.3 is 15.0 Å². The van der Waals surface area contributed by atoms with Gasteiger partial charge in [-0.05, 0) is 36.1 Å². The average molecular weight is 336 g/mol. The summed E-state index contributed by atoms with van der Waals surface area (Å²) in [6, 6.07) is 6.05. The van der Waals surface area contributed by atoms with Crippen LogP contribution in [0.4, 0.5) is 10.5 Å². The predicted molar refractivity (Wildman–Crippen MR) is 87.9 cm³/mol. The molecule has 1 saturated heterocycles. The zero-order chi connectivity index (χ0) is 15.1. The van der Waals surface area contributed by atoms with Crippen LogP contribution in [0.1, 0.15) is 17.7 Å². The molecule has 2 aliphatic rings. The monoisotopic (exact) mass is 335 g/mol. The van der Waals surface area contributed by atoms with E-state index in [0.29, 0.717) is 13.1 Å². The minimum absolute atomic E-state index is 0. The Hall–Kier alpha value is -2.05. The number of aryl methyl sites for hydroxylation is 2. The first-order valence-electron chi connectivity index (χ1n) is 7.51. The van der Waals surface area contributed by atoms with Crippen LogP contribution in [0.3, 0.4) is 0 Å². The van der Waals surface area contributed by atoms with Crippen LogP contribution in [-0.4, -0.2) is 30.4 Å². The fraction of sp³-hybridized carbons (Fsp3) is 0.375. The van der Waals surface area contributed by atoms with E-state index in [4.69, 9.17) is 15.0 Å². The summed E-state index contributed by atoms with van der Waals surface area (Å²) < 4.78 is 10.5. The molecule has 4 rings (SSSR count). The van der Waals surface area contributed by atoms with Gasteiger partial charge in [0.1, 0.15) is 11.9 Å². The molecular weight excluding hydrogens is 318 g/mol. The van der Waals surface area contributed by atoms with E-state index in [2.05, 4.69) is 11.2 Å². The van der Waals surface area contributed by atoms with E-state index in [0.717, 1.165) is 41.8 Å². The summed E-state index contributed by atoms with van der Waals surface area (Å²) in [5.41, 5.74) is 9.86. The van der Waals surface area contributed by atoms with Crippen LogP contribution in [0.2, 0.25) is 0 Å². The SMILES string of the molecule is Cl.NC[C@H]1CN(c2ccc3c(c2)CCCc2oncc2-3)C(=O)O1. The highest BCUT2D eigenvalue weighted by Gasteiger charge is 2.32. The van der Waals surface area contributed by atoms with Crippen molar-refractivity contribution < 1.29 is 14.1 Å². The molecule has 1 atom stereocenters. The van der Waals surface area contributed by atoms with Gasteiger partial charge in [-0.25, -0.2) is 4.79 Å². The van der Waals surface area contributed by atoms with Gasteiger partial charge in [0.15, 0.2) is 0 Å². The molecule has 1 aliphatic heterocycles. The number of nitrogens with two attached hydrogens (primary N) is 1. The predicted octanol–water partition coefficient (Wildman–Crippen LogP) is 2.54. The Morgan fingerprint density at radius 3 is 2.96 bits per heavy atom. The molecule has 0 unspecified atom stereocenters. The number of hydrogen-bond acceptors (Lipinski definition) is 5. The van der Waals surface area contributed by atoms with Crippen LogP contribution in [0, 0.1) is 0 Å². The first kappa shape index (κ1) is 15.8. The molecule has 1 aromatic heterocycles. The lowest BCUT2D eigenvalue weighted by Gasteiger charge is -2.15. The van der Waals surface area contributed by atoms with Gasteiger partial charge >= 0.3 is 6.09 Å². The number of rotatable bonds is 2. The van der Waals surface area contributed by atoms with Crippen molar-refractivity contribution >= 4 is 24.2 Å². The Bertz CT molecular complexity index is 731. The second-order valence-electron chi connectivity index (χ2n) is 5.71. The molecular formula is C16H18ClN3O3. The zero-order valence-electron chi connectivity index (χ0n) is 12.5. The number of halogens is 1. The zero-order valence-corrected chi connectivity index (χ0v) is 13.3. The van der Waals surface area contributed by atoms with Crippen LogP contribution in [-0.2, 0) is 17.6 Å². The number of carbonyl (C=O) groups excluding carboxylic acids is 1. The summed E-state index contributed by atoms with van der Waals surface area (Å²) in [5.74, 6) is 0.940. The summed E-state index contributed by atoms with van der Waals surface area (Å²) in [5, 5.41) is 3.90. The number of carbonyl (C=O) groups is 1. The highest BCUT2D eigenvalue weighted by molar-refractivity contribution is 5.90. The molecule has 1 amide bonds. The van der Waals surface area contributed by atoms with Crippen LogP contribution < -0.4 is 10.6 Å². The number of fused-ring (bicyclic) bond motifs is 3. The third-order valence-electron chi connectivity index (χ3n) is 4.32. The molecule has 2 aromatic rings. The van der Waals surface area contributed by atoms with E-state index < -0.39 is 0 Å². The maximum Gasteiger partial charge on any atom is 0.414 e. The van der Waals surface area contributed by atoms with Gasteiger partial charge in [0.25, 0.3) is 0 Å². The van der Waals surface area contributed by atoms with Crippen molar-refractivity contribution in [3.05, 3.63) is 35.7 Å². The molecule has 0 radical (unpaired) electrons. The van der Waals surface area contributed by atoms with Gasteiger partial charge in [-0.1, -0.05) is 11.2 Å². The minimum atomic E-state index is -0.324. The highest BCUT2D eigenvalue weighted by Crippen LogP contribution is 2.35. The van der Waals surface area contributed by atoms with Crippen LogP contribution in [0.15, 0.2) is 28.9 Å². The van der Waals surface area contributed by atoms with E-state index in [1.54, 1.807) is 11.1 Å². The van der Waals surface area contributed by atoms with Crippen molar-refractivity contribution in [1.29, 1.82) is 0 Å². The molecule has 23 heavy (non-hydrogen) atoms. The van der Waals surface area contributed by atoms with E-state index in [1.807, 2.05) is 12.1 Å². The Morgan fingerprint density at radius 2 is 2.17 bits per heavy atom. The molecule has 2 heterocycles. The number of ether oxygens (including phenoxy) is 1. The molecule has 1 aromatic carbocycles. The first-order chi connectivity index (χ1) is 10.8. The lowest BCUT2D eigenvalue weighted by molar-refractivity contribution is 0.145. The maximum absolute atomic E-state index is 12.0. The Morgan fingerprint density at radius 1 is 1.30 bits per heavy atom. The number of nitrogens with zero attached hydrogens (tertiary/aromatic N) is 2. The third-order valence-corrected chi connectivity index (χ3v) is 4.32. The Labute approximate surface area is 140 Å². The summed E-state index contributed by atoms with van der Waals surface area (Å²) in [4.78, 5) is 13.6.